The van der Waals surface area contributed by atoms with Crippen LogP contribution >= 0.6 is 35.0 Å². The molecule has 0 aliphatic heterocycles. The Morgan fingerprint density at radius 3 is 2.22 bits per heavy atom. The summed E-state index contributed by atoms with van der Waals surface area (Å²) in [6.07, 6.45) is 2.07. The molecule has 0 aromatic heterocycles. The Hall–Kier alpha value is 0.890. The van der Waals surface area contributed by atoms with E-state index in [4.69, 9.17) is 23.2 Å². The minimum atomic E-state index is 0.532. The summed E-state index contributed by atoms with van der Waals surface area (Å²) in [7, 11) is 0. The highest BCUT2D eigenvalue weighted by Gasteiger charge is 1.97. The number of hydrogen-bond acceptors (Lipinski definition) is 2. The first kappa shape index (κ1) is 9.89. The van der Waals surface area contributed by atoms with Gasteiger partial charge in [-0.25, -0.2) is 0 Å². The maximum absolute atomic E-state index is 5.54. The second-order valence-electron chi connectivity index (χ2n) is 1.63. The van der Waals surface area contributed by atoms with Crippen LogP contribution in [0.25, 0.3) is 0 Å². The lowest BCUT2D eigenvalue weighted by Crippen LogP contribution is -2.22. The molecule has 4 heteroatoms. The SMILES string of the molecule is CSCCN(CCl)CCl. The van der Waals surface area contributed by atoms with Crippen molar-refractivity contribution in [1.82, 2.24) is 4.90 Å². The molecular formula is C5H11Cl2NS. The molecule has 0 bridgehead atoms. The molecule has 0 heterocycles. The average molecular weight is 188 g/mol. The molecule has 0 saturated heterocycles. The van der Waals surface area contributed by atoms with Crippen molar-refractivity contribution in [1.29, 1.82) is 0 Å². The molecule has 0 unspecified atom stereocenters. The highest BCUT2D eigenvalue weighted by Crippen LogP contribution is 1.97. The van der Waals surface area contributed by atoms with Crippen molar-refractivity contribution in [2.75, 3.05) is 30.6 Å². The lowest BCUT2D eigenvalue weighted by Gasteiger charge is -2.13. The van der Waals surface area contributed by atoms with Gasteiger partial charge in [0.15, 0.2) is 0 Å². The highest BCUT2D eigenvalue weighted by molar-refractivity contribution is 7.98. The molecule has 0 amide bonds. The molecule has 0 radical (unpaired) electrons. The third-order valence-corrected chi connectivity index (χ3v) is 2.22. The van der Waals surface area contributed by atoms with Crippen LogP contribution in [0.4, 0.5) is 0 Å². The molecule has 0 spiro atoms. The first-order valence-corrected chi connectivity index (χ1v) is 5.14. The third-order valence-electron chi connectivity index (χ3n) is 0.950. The number of hydrogen-bond donors (Lipinski definition) is 0. The van der Waals surface area contributed by atoms with E-state index in [0.717, 1.165) is 12.3 Å². The Labute approximate surface area is 70.7 Å². The van der Waals surface area contributed by atoms with Gasteiger partial charge in [0.2, 0.25) is 0 Å². The van der Waals surface area contributed by atoms with Crippen LogP contribution in [0, 0.1) is 0 Å². The molecule has 9 heavy (non-hydrogen) atoms. The number of rotatable bonds is 5. The van der Waals surface area contributed by atoms with E-state index in [0.29, 0.717) is 12.0 Å². The average Bonchev–Trinajstić information content (AvgIpc) is 1.91. The normalized spacial score (nSPS) is 10.7. The zero-order valence-electron chi connectivity index (χ0n) is 5.44. The van der Waals surface area contributed by atoms with Crippen LogP contribution in [0.3, 0.4) is 0 Å². The zero-order valence-corrected chi connectivity index (χ0v) is 7.77. The van der Waals surface area contributed by atoms with Crippen molar-refractivity contribution in [3.63, 3.8) is 0 Å². The highest BCUT2D eigenvalue weighted by atomic mass is 35.5. The molecule has 0 aliphatic rings. The third kappa shape index (κ3) is 5.34. The molecule has 0 aromatic rings. The first-order chi connectivity index (χ1) is 4.35. The van der Waals surface area contributed by atoms with Crippen LogP contribution in [0.15, 0.2) is 0 Å². The van der Waals surface area contributed by atoms with E-state index in [2.05, 4.69) is 6.26 Å². The molecule has 0 aliphatic carbocycles. The molecule has 0 atom stereocenters. The van der Waals surface area contributed by atoms with Crippen LogP contribution in [0.2, 0.25) is 0 Å². The summed E-state index contributed by atoms with van der Waals surface area (Å²) in [5.74, 6) is 1.10. The monoisotopic (exact) mass is 187 g/mol. The summed E-state index contributed by atoms with van der Waals surface area (Å²) < 4.78 is 0. The summed E-state index contributed by atoms with van der Waals surface area (Å²) in [6.45, 7) is 0.980. The van der Waals surface area contributed by atoms with Crippen molar-refractivity contribution in [2.24, 2.45) is 0 Å². The summed E-state index contributed by atoms with van der Waals surface area (Å²) in [6, 6.07) is 1.06. The van der Waals surface area contributed by atoms with Gasteiger partial charge in [0, 0.05) is 12.3 Å². The fourth-order valence-electron chi connectivity index (χ4n) is 0.372. The molecule has 56 valence electrons. The fourth-order valence-corrected chi connectivity index (χ4v) is 1.31. The number of nitrogens with zero attached hydrogens (tertiary/aromatic N) is 1. The fraction of sp³-hybridized carbons (Fsp3) is 1.00. The van der Waals surface area contributed by atoms with Gasteiger partial charge >= 0.3 is 0 Å². The smallest absolute Gasteiger partial charge is 0.0748 e. The van der Waals surface area contributed by atoms with Crippen LogP contribution in [0.5, 0.6) is 0 Å². The summed E-state index contributed by atoms with van der Waals surface area (Å²) in [4.78, 5) is 1.97. The maximum Gasteiger partial charge on any atom is 0.0748 e. The van der Waals surface area contributed by atoms with E-state index in [1.54, 1.807) is 11.8 Å². The minimum Gasteiger partial charge on any atom is -0.275 e. The van der Waals surface area contributed by atoms with Gasteiger partial charge < -0.3 is 0 Å². The van der Waals surface area contributed by atoms with Gasteiger partial charge in [-0.05, 0) is 6.26 Å². The van der Waals surface area contributed by atoms with Gasteiger partial charge in [0.05, 0.1) is 12.0 Å². The van der Waals surface area contributed by atoms with Gasteiger partial charge in [-0.1, -0.05) is 0 Å². The van der Waals surface area contributed by atoms with E-state index >= 15 is 0 Å². The van der Waals surface area contributed by atoms with Gasteiger partial charge in [-0.2, -0.15) is 11.8 Å². The van der Waals surface area contributed by atoms with Gasteiger partial charge in [-0.3, -0.25) is 4.90 Å². The second-order valence-corrected chi connectivity index (χ2v) is 3.09. The van der Waals surface area contributed by atoms with Crippen molar-refractivity contribution in [3.8, 4) is 0 Å². The minimum absolute atomic E-state index is 0.532. The largest absolute Gasteiger partial charge is 0.275 e. The van der Waals surface area contributed by atoms with E-state index in [-0.39, 0.29) is 0 Å². The quantitative estimate of drug-likeness (QED) is 0.479. The molecule has 1 nitrogen and oxygen atoms in total. The van der Waals surface area contributed by atoms with Crippen molar-refractivity contribution >= 4 is 35.0 Å². The molecule has 0 rings (SSSR count). The van der Waals surface area contributed by atoms with Crippen LogP contribution in [-0.4, -0.2) is 35.5 Å². The van der Waals surface area contributed by atoms with Crippen molar-refractivity contribution < 1.29 is 0 Å². The number of halogens is 2. The Bertz CT molecular complexity index is 58.9. The van der Waals surface area contributed by atoms with E-state index in [9.17, 15) is 0 Å². The predicted molar refractivity (Wildman–Crippen MR) is 46.5 cm³/mol. The lowest BCUT2D eigenvalue weighted by molar-refractivity contribution is 0.396. The van der Waals surface area contributed by atoms with Crippen molar-refractivity contribution in [2.45, 2.75) is 0 Å². The zero-order chi connectivity index (χ0) is 7.11. The maximum atomic E-state index is 5.54. The summed E-state index contributed by atoms with van der Waals surface area (Å²) >= 11 is 12.9. The van der Waals surface area contributed by atoms with Gasteiger partial charge in [0.25, 0.3) is 0 Å². The molecule has 0 N–H and O–H groups in total. The molecule has 0 fully saturated rings. The van der Waals surface area contributed by atoms with E-state index in [1.807, 2.05) is 4.90 Å². The second kappa shape index (κ2) is 7.00. The van der Waals surface area contributed by atoms with E-state index < -0.39 is 0 Å². The predicted octanol–water partition coefficient (Wildman–Crippen LogP) is 2.04. The Kier molecular flexibility index (Phi) is 7.69. The van der Waals surface area contributed by atoms with Crippen LogP contribution < -0.4 is 0 Å². The number of alkyl halides is 2. The van der Waals surface area contributed by atoms with Crippen molar-refractivity contribution in [3.05, 3.63) is 0 Å². The summed E-state index contributed by atoms with van der Waals surface area (Å²) in [5.41, 5.74) is 0. The molecule has 0 saturated carbocycles. The first-order valence-electron chi connectivity index (χ1n) is 2.68. The Morgan fingerprint density at radius 2 is 1.89 bits per heavy atom. The topological polar surface area (TPSA) is 3.24 Å². The van der Waals surface area contributed by atoms with Gasteiger partial charge in [0.1, 0.15) is 0 Å². The standard InChI is InChI=1S/C5H11Cl2NS/c1-9-3-2-8(4-6)5-7/h2-5H2,1H3. The Morgan fingerprint density at radius 1 is 1.33 bits per heavy atom. The number of thioether (sulfide) groups is 1. The van der Waals surface area contributed by atoms with Gasteiger partial charge in [-0.15, -0.1) is 23.2 Å². The molecular weight excluding hydrogens is 177 g/mol. The van der Waals surface area contributed by atoms with E-state index in [1.165, 1.54) is 0 Å². The molecule has 0 aromatic carbocycles. The summed E-state index contributed by atoms with van der Waals surface area (Å²) in [5, 5.41) is 0. The Balaban J connectivity index is 3.09. The van der Waals surface area contributed by atoms with Crippen LogP contribution in [-0.2, 0) is 0 Å². The lowest BCUT2D eigenvalue weighted by atomic mass is 10.7. The van der Waals surface area contributed by atoms with Crippen LogP contribution in [0.1, 0.15) is 0 Å².